The summed E-state index contributed by atoms with van der Waals surface area (Å²) in [6.07, 6.45) is -2.40. The molecule has 1 amide bonds. The van der Waals surface area contributed by atoms with Gasteiger partial charge in [0.1, 0.15) is 35.4 Å². The quantitative estimate of drug-likeness (QED) is 0.232. The molecule has 3 aromatic rings. The molecule has 1 aromatic heterocycles. The number of esters is 1. The maximum atomic E-state index is 14.0. The molecule has 0 saturated carbocycles. The van der Waals surface area contributed by atoms with Crippen molar-refractivity contribution in [2.45, 2.75) is 51.4 Å². The van der Waals surface area contributed by atoms with Gasteiger partial charge in [-0.2, -0.15) is 18.4 Å². The first-order valence-electron chi connectivity index (χ1n) is 14.5. The SMILES string of the molecule is COc1ccccc1N(C)C(=O)c1cc(-c2cnc(C(F)(F)F)cc2C#N)c(Cl)cc1OCCN1CCC[C@H]1C(=O)OC(C)(C)C. The van der Waals surface area contributed by atoms with Gasteiger partial charge in [-0.05, 0) is 64.4 Å². The number of pyridine rings is 1. The number of ether oxygens (including phenoxy) is 3. The number of methoxy groups -OCH3 is 1. The predicted molar refractivity (Wildman–Crippen MR) is 166 cm³/mol. The Morgan fingerprint density at radius 1 is 1.13 bits per heavy atom. The number of nitrogens with zero attached hydrogens (tertiary/aromatic N) is 4. The highest BCUT2D eigenvalue weighted by atomic mass is 35.5. The lowest BCUT2D eigenvalue weighted by Gasteiger charge is -2.27. The number of likely N-dealkylation sites (tertiary alicyclic amines) is 1. The molecule has 1 saturated heterocycles. The Hall–Kier alpha value is -4.34. The van der Waals surface area contributed by atoms with Crippen LogP contribution >= 0.6 is 11.6 Å². The summed E-state index contributed by atoms with van der Waals surface area (Å²) in [6, 6.07) is 11.6. The average Bonchev–Trinajstić information content (AvgIpc) is 3.48. The molecule has 244 valence electrons. The van der Waals surface area contributed by atoms with Crippen molar-refractivity contribution in [2.75, 3.05) is 38.8 Å². The lowest BCUT2D eigenvalue weighted by molar-refractivity contribution is -0.160. The van der Waals surface area contributed by atoms with Gasteiger partial charge in [-0.25, -0.2) is 0 Å². The van der Waals surface area contributed by atoms with E-state index in [4.69, 9.17) is 25.8 Å². The van der Waals surface area contributed by atoms with E-state index >= 15 is 0 Å². The van der Waals surface area contributed by atoms with Crippen molar-refractivity contribution in [2.24, 2.45) is 0 Å². The number of carbonyl (C=O) groups excluding carboxylic acids is 2. The van der Waals surface area contributed by atoms with E-state index in [1.165, 1.54) is 31.2 Å². The van der Waals surface area contributed by atoms with Crippen LogP contribution in [0.4, 0.5) is 18.9 Å². The van der Waals surface area contributed by atoms with Gasteiger partial charge in [0.25, 0.3) is 5.91 Å². The van der Waals surface area contributed by atoms with Crippen molar-refractivity contribution in [1.29, 1.82) is 5.26 Å². The molecule has 1 aliphatic rings. The molecule has 0 unspecified atom stereocenters. The monoisotopic (exact) mass is 658 g/mol. The van der Waals surface area contributed by atoms with E-state index in [0.29, 0.717) is 37.0 Å². The highest BCUT2D eigenvalue weighted by Gasteiger charge is 2.35. The van der Waals surface area contributed by atoms with Gasteiger partial charge in [0.05, 0.1) is 35.0 Å². The highest BCUT2D eigenvalue weighted by molar-refractivity contribution is 6.34. The van der Waals surface area contributed by atoms with Crippen LogP contribution in [0.25, 0.3) is 11.1 Å². The largest absolute Gasteiger partial charge is 0.495 e. The minimum Gasteiger partial charge on any atom is -0.495 e. The standard InChI is InChI=1S/C33H34ClF3N4O5/c1-32(2,3)46-31(43)26-10-8-12-41(26)13-14-45-28-17-24(34)21(23-19-39-29(33(35,36)37)15-20(23)18-38)16-22(28)30(42)40(4)25-9-6-7-11-27(25)44-5/h6-7,9,11,15-17,19,26H,8,10,12-14H2,1-5H3/t26-/m0/s1. The summed E-state index contributed by atoms with van der Waals surface area (Å²) in [5.74, 6) is -0.323. The molecule has 9 nitrogen and oxygen atoms in total. The molecule has 4 rings (SSSR count). The number of para-hydroxylation sites is 2. The first kappa shape index (κ1) is 34.5. The number of nitriles is 1. The Morgan fingerprint density at radius 2 is 1.85 bits per heavy atom. The van der Waals surface area contributed by atoms with E-state index in [2.05, 4.69) is 4.98 Å². The topological polar surface area (TPSA) is 105 Å². The van der Waals surface area contributed by atoms with E-state index in [0.717, 1.165) is 12.6 Å². The van der Waals surface area contributed by atoms with Crippen LogP contribution in [-0.2, 0) is 15.7 Å². The molecular weight excluding hydrogens is 625 g/mol. The molecular formula is C33H34ClF3N4O5. The Labute approximate surface area is 270 Å². The zero-order valence-electron chi connectivity index (χ0n) is 26.1. The van der Waals surface area contributed by atoms with E-state index in [-0.39, 0.29) is 45.6 Å². The highest BCUT2D eigenvalue weighted by Crippen LogP contribution is 2.39. The van der Waals surface area contributed by atoms with Gasteiger partial charge < -0.3 is 19.1 Å². The van der Waals surface area contributed by atoms with Crippen LogP contribution in [0.15, 0.2) is 48.7 Å². The Kier molecular flexibility index (Phi) is 10.5. The van der Waals surface area contributed by atoms with Crippen molar-refractivity contribution in [3.8, 4) is 28.7 Å². The van der Waals surface area contributed by atoms with E-state index in [1.807, 2.05) is 25.7 Å². The van der Waals surface area contributed by atoms with Crippen molar-refractivity contribution < 1.29 is 37.0 Å². The average molecular weight is 659 g/mol. The van der Waals surface area contributed by atoms with Crippen LogP contribution in [0.3, 0.4) is 0 Å². The third-order valence-electron chi connectivity index (χ3n) is 7.33. The number of hydrogen-bond acceptors (Lipinski definition) is 8. The summed E-state index contributed by atoms with van der Waals surface area (Å²) >= 11 is 6.62. The minimum absolute atomic E-state index is 0.0123. The van der Waals surface area contributed by atoms with Crippen molar-refractivity contribution in [3.63, 3.8) is 0 Å². The Morgan fingerprint density at radius 3 is 2.50 bits per heavy atom. The molecule has 1 atom stereocenters. The summed E-state index contributed by atoms with van der Waals surface area (Å²) in [4.78, 5) is 33.6. The molecule has 2 heterocycles. The second-order valence-corrected chi connectivity index (χ2v) is 12.1. The van der Waals surface area contributed by atoms with E-state index in [1.54, 1.807) is 30.3 Å². The zero-order valence-corrected chi connectivity index (χ0v) is 26.8. The molecule has 2 aromatic carbocycles. The molecule has 0 spiro atoms. The first-order valence-corrected chi connectivity index (χ1v) is 14.8. The van der Waals surface area contributed by atoms with Gasteiger partial charge in [-0.1, -0.05) is 23.7 Å². The predicted octanol–water partition coefficient (Wildman–Crippen LogP) is 6.76. The lowest BCUT2D eigenvalue weighted by Crippen LogP contribution is -2.42. The van der Waals surface area contributed by atoms with Crippen LogP contribution in [0, 0.1) is 11.3 Å². The van der Waals surface area contributed by atoms with Crippen LogP contribution in [-0.4, -0.2) is 67.3 Å². The second kappa shape index (κ2) is 14.0. The van der Waals surface area contributed by atoms with E-state index in [9.17, 15) is 28.0 Å². The summed E-state index contributed by atoms with van der Waals surface area (Å²) < 4.78 is 57.1. The lowest BCUT2D eigenvalue weighted by atomic mass is 9.98. The fourth-order valence-electron chi connectivity index (χ4n) is 5.17. The Bertz CT molecular complexity index is 1650. The van der Waals surface area contributed by atoms with Gasteiger partial charge >= 0.3 is 12.1 Å². The second-order valence-electron chi connectivity index (χ2n) is 11.7. The molecule has 0 radical (unpaired) electrons. The van der Waals surface area contributed by atoms with Crippen LogP contribution in [0.2, 0.25) is 5.02 Å². The molecule has 0 bridgehead atoms. The van der Waals surface area contributed by atoms with Crippen LogP contribution in [0.1, 0.15) is 55.2 Å². The summed E-state index contributed by atoms with van der Waals surface area (Å²) in [5, 5.41) is 9.72. The zero-order chi connectivity index (χ0) is 33.8. The number of aromatic nitrogens is 1. The van der Waals surface area contributed by atoms with Gasteiger partial charge in [0.15, 0.2) is 0 Å². The number of halogens is 4. The van der Waals surface area contributed by atoms with Crippen molar-refractivity contribution >= 4 is 29.2 Å². The van der Waals surface area contributed by atoms with Gasteiger partial charge in [-0.15, -0.1) is 0 Å². The minimum atomic E-state index is -4.76. The summed E-state index contributed by atoms with van der Waals surface area (Å²) in [7, 11) is 3.00. The molecule has 1 aliphatic heterocycles. The van der Waals surface area contributed by atoms with Crippen LogP contribution < -0.4 is 14.4 Å². The Balaban J connectivity index is 1.70. The van der Waals surface area contributed by atoms with Gasteiger partial charge in [0, 0.05) is 37.0 Å². The van der Waals surface area contributed by atoms with E-state index < -0.39 is 29.4 Å². The molecule has 13 heteroatoms. The maximum Gasteiger partial charge on any atom is 0.433 e. The normalized spacial score (nSPS) is 15.3. The molecule has 1 fully saturated rings. The third kappa shape index (κ3) is 7.89. The molecule has 0 aliphatic carbocycles. The van der Waals surface area contributed by atoms with Gasteiger partial charge in [-0.3, -0.25) is 19.5 Å². The van der Waals surface area contributed by atoms with Crippen molar-refractivity contribution in [3.05, 3.63) is 70.5 Å². The van der Waals surface area contributed by atoms with Crippen molar-refractivity contribution in [1.82, 2.24) is 9.88 Å². The summed E-state index contributed by atoms with van der Waals surface area (Å²) in [6.45, 7) is 6.51. The number of carbonyl (C=O) groups is 2. The number of rotatable bonds is 9. The van der Waals surface area contributed by atoms with Crippen LogP contribution in [0.5, 0.6) is 11.5 Å². The van der Waals surface area contributed by atoms with Gasteiger partial charge in [0.2, 0.25) is 0 Å². The maximum absolute atomic E-state index is 14.0. The molecule has 0 N–H and O–H groups in total. The first-order chi connectivity index (χ1) is 21.6. The number of amides is 1. The molecule has 46 heavy (non-hydrogen) atoms. The fraction of sp³-hybridized carbons (Fsp3) is 0.394. The number of benzene rings is 2. The number of anilines is 1. The smallest absolute Gasteiger partial charge is 0.433 e. The number of hydrogen-bond donors (Lipinski definition) is 0. The summed E-state index contributed by atoms with van der Waals surface area (Å²) in [5.41, 5.74) is -1.58. The fourth-order valence-corrected chi connectivity index (χ4v) is 5.42. The number of alkyl halides is 3. The third-order valence-corrected chi connectivity index (χ3v) is 7.65.